The van der Waals surface area contributed by atoms with Crippen LogP contribution in [0.5, 0.6) is 0 Å². The predicted molar refractivity (Wildman–Crippen MR) is 98.0 cm³/mol. The minimum Gasteiger partial charge on any atom is -0.481 e. The lowest BCUT2D eigenvalue weighted by Crippen LogP contribution is -2.34. The molecular formula is C21H19F3N2O2. The van der Waals surface area contributed by atoms with Crippen molar-refractivity contribution >= 4 is 16.9 Å². The van der Waals surface area contributed by atoms with Gasteiger partial charge in [-0.15, -0.1) is 0 Å². The van der Waals surface area contributed by atoms with Gasteiger partial charge in [0.05, 0.1) is 10.9 Å². The predicted octanol–water partition coefficient (Wildman–Crippen LogP) is 5.17. The van der Waals surface area contributed by atoms with Crippen molar-refractivity contribution in [2.24, 2.45) is 0 Å². The first-order valence-corrected chi connectivity index (χ1v) is 9.08. The Bertz CT molecular complexity index is 1060. The molecule has 1 fully saturated rings. The highest BCUT2D eigenvalue weighted by molar-refractivity contribution is 5.83. The summed E-state index contributed by atoms with van der Waals surface area (Å²) in [6.45, 7) is -1.11. The van der Waals surface area contributed by atoms with Gasteiger partial charge in [-0.3, -0.25) is 4.79 Å². The minimum absolute atomic E-state index is 0.0696. The number of nitrogens with zero attached hydrogens (tertiary/aromatic N) is 2. The van der Waals surface area contributed by atoms with E-state index in [1.807, 2.05) is 6.07 Å². The van der Waals surface area contributed by atoms with Crippen LogP contribution in [0.1, 0.15) is 48.4 Å². The molecule has 1 saturated carbocycles. The molecule has 7 heteroatoms. The highest BCUT2D eigenvalue weighted by atomic mass is 19.3. The molecule has 0 bridgehead atoms. The van der Waals surface area contributed by atoms with Crippen molar-refractivity contribution < 1.29 is 23.1 Å². The summed E-state index contributed by atoms with van der Waals surface area (Å²) >= 11 is 0. The molecule has 0 radical (unpaired) electrons. The number of carbonyl (C=O) groups is 1. The third-order valence-electron chi connectivity index (χ3n) is 5.93. The average Bonchev–Trinajstić information content (AvgIpc) is 3.28. The average molecular weight is 388 g/mol. The fourth-order valence-corrected chi connectivity index (χ4v) is 4.42. The molecule has 1 heterocycles. The Kier molecular flexibility index (Phi) is 4.40. The number of carboxylic acids is 1. The van der Waals surface area contributed by atoms with Crippen LogP contribution >= 0.6 is 0 Å². The standard InChI is InChI=1S/C21H19F3N2O2/c1-12-16(3-2-4-17(12)22)21(19(27)28)8-7-14(10-21)13-5-6-15-11-26(20(23)24)25-18(15)9-13/h2-6,9,11,14,20H,7-8,10H2,1H3,(H,27,28)/t14?,21-/m0/s1. The van der Waals surface area contributed by atoms with E-state index in [2.05, 4.69) is 5.10 Å². The van der Waals surface area contributed by atoms with Crippen molar-refractivity contribution in [1.82, 2.24) is 9.78 Å². The summed E-state index contributed by atoms with van der Waals surface area (Å²) < 4.78 is 40.4. The fourth-order valence-electron chi connectivity index (χ4n) is 4.42. The Balaban J connectivity index is 1.71. The number of aromatic nitrogens is 2. The van der Waals surface area contributed by atoms with Crippen LogP contribution in [0.2, 0.25) is 0 Å². The molecule has 0 aliphatic heterocycles. The molecule has 1 N–H and O–H groups in total. The van der Waals surface area contributed by atoms with Gasteiger partial charge in [0.15, 0.2) is 0 Å². The Morgan fingerprint density at radius 3 is 2.82 bits per heavy atom. The van der Waals surface area contributed by atoms with Gasteiger partial charge in [0.25, 0.3) is 0 Å². The maximum Gasteiger partial charge on any atom is 0.333 e. The number of aliphatic carboxylic acids is 1. The SMILES string of the molecule is Cc1c(F)cccc1[C@]1(C(=O)O)CCC(c2ccc3cn(C(F)F)nc3c2)C1. The van der Waals surface area contributed by atoms with Gasteiger partial charge in [0, 0.05) is 11.6 Å². The molecule has 4 rings (SSSR count). The molecule has 1 unspecified atom stereocenters. The zero-order chi connectivity index (χ0) is 20.1. The van der Waals surface area contributed by atoms with Gasteiger partial charge in [-0.2, -0.15) is 13.9 Å². The molecule has 0 saturated heterocycles. The number of carboxylic acid groups (broad SMARTS) is 1. The molecule has 3 aromatic rings. The third kappa shape index (κ3) is 2.85. The van der Waals surface area contributed by atoms with E-state index < -0.39 is 23.8 Å². The maximum absolute atomic E-state index is 14.1. The van der Waals surface area contributed by atoms with Crippen LogP contribution in [-0.4, -0.2) is 20.9 Å². The summed E-state index contributed by atoms with van der Waals surface area (Å²) in [4.78, 5) is 12.2. The molecule has 146 valence electrons. The van der Waals surface area contributed by atoms with Crippen LogP contribution in [0.4, 0.5) is 13.2 Å². The second-order valence-electron chi connectivity index (χ2n) is 7.44. The van der Waals surface area contributed by atoms with Gasteiger partial charge in [-0.25, -0.2) is 9.07 Å². The first-order chi connectivity index (χ1) is 13.3. The molecule has 2 aromatic carbocycles. The lowest BCUT2D eigenvalue weighted by atomic mass is 9.75. The van der Waals surface area contributed by atoms with Crippen molar-refractivity contribution in [3.8, 4) is 0 Å². The molecule has 0 spiro atoms. The van der Waals surface area contributed by atoms with E-state index in [0.717, 1.165) is 5.56 Å². The third-order valence-corrected chi connectivity index (χ3v) is 5.93. The molecule has 1 aliphatic carbocycles. The van der Waals surface area contributed by atoms with Crippen molar-refractivity contribution in [1.29, 1.82) is 0 Å². The van der Waals surface area contributed by atoms with Gasteiger partial charge in [-0.1, -0.05) is 24.3 Å². The summed E-state index contributed by atoms with van der Waals surface area (Å²) in [6.07, 6.45) is 2.62. The van der Waals surface area contributed by atoms with Gasteiger partial charge in [0.2, 0.25) is 0 Å². The summed E-state index contributed by atoms with van der Waals surface area (Å²) in [6, 6.07) is 9.86. The maximum atomic E-state index is 14.1. The first-order valence-electron chi connectivity index (χ1n) is 9.08. The number of rotatable bonds is 4. The number of alkyl halides is 2. The van der Waals surface area contributed by atoms with E-state index >= 15 is 0 Å². The normalized spacial score (nSPS) is 22.2. The van der Waals surface area contributed by atoms with Crippen molar-refractivity contribution in [3.05, 3.63) is 65.1 Å². The summed E-state index contributed by atoms with van der Waals surface area (Å²) in [7, 11) is 0. The molecule has 1 aliphatic rings. The summed E-state index contributed by atoms with van der Waals surface area (Å²) in [5.41, 5.74) is 1.02. The fraction of sp³-hybridized carbons (Fsp3) is 0.333. The van der Waals surface area contributed by atoms with Gasteiger partial charge < -0.3 is 5.11 Å². The van der Waals surface area contributed by atoms with E-state index in [-0.39, 0.29) is 5.92 Å². The van der Waals surface area contributed by atoms with E-state index in [0.29, 0.717) is 46.0 Å². The smallest absolute Gasteiger partial charge is 0.333 e. The zero-order valence-corrected chi connectivity index (χ0v) is 15.2. The van der Waals surface area contributed by atoms with Gasteiger partial charge in [-0.05, 0) is 60.9 Å². The van der Waals surface area contributed by atoms with Crippen molar-refractivity contribution in [3.63, 3.8) is 0 Å². The largest absolute Gasteiger partial charge is 0.481 e. The van der Waals surface area contributed by atoms with Crippen LogP contribution in [0.3, 0.4) is 0 Å². The Labute approximate surface area is 159 Å². The monoisotopic (exact) mass is 388 g/mol. The Morgan fingerprint density at radius 2 is 2.11 bits per heavy atom. The van der Waals surface area contributed by atoms with Crippen LogP contribution in [0, 0.1) is 12.7 Å². The van der Waals surface area contributed by atoms with Gasteiger partial charge in [0.1, 0.15) is 5.82 Å². The second-order valence-corrected chi connectivity index (χ2v) is 7.44. The van der Waals surface area contributed by atoms with Crippen LogP contribution in [0.25, 0.3) is 10.9 Å². The lowest BCUT2D eigenvalue weighted by molar-refractivity contribution is -0.143. The van der Waals surface area contributed by atoms with Crippen molar-refractivity contribution in [2.75, 3.05) is 0 Å². The number of hydrogen-bond donors (Lipinski definition) is 1. The second kappa shape index (κ2) is 6.65. The topological polar surface area (TPSA) is 55.1 Å². The minimum atomic E-state index is -2.71. The molecule has 4 nitrogen and oxygen atoms in total. The summed E-state index contributed by atoms with van der Waals surface area (Å²) in [5, 5.41) is 14.5. The molecule has 2 atom stereocenters. The molecule has 0 amide bonds. The summed E-state index contributed by atoms with van der Waals surface area (Å²) in [5.74, 6) is -1.45. The first kappa shape index (κ1) is 18.5. The zero-order valence-electron chi connectivity index (χ0n) is 15.2. The van der Waals surface area contributed by atoms with E-state index in [9.17, 15) is 23.1 Å². The Morgan fingerprint density at radius 1 is 1.32 bits per heavy atom. The van der Waals surface area contributed by atoms with Gasteiger partial charge >= 0.3 is 12.5 Å². The van der Waals surface area contributed by atoms with Crippen molar-refractivity contribution in [2.45, 2.75) is 44.1 Å². The Hall–Kier alpha value is -2.83. The highest BCUT2D eigenvalue weighted by Crippen LogP contribution is 2.50. The van der Waals surface area contributed by atoms with Crippen LogP contribution in [0.15, 0.2) is 42.6 Å². The number of fused-ring (bicyclic) bond motifs is 1. The van der Waals surface area contributed by atoms with E-state index in [1.54, 1.807) is 31.2 Å². The molecule has 28 heavy (non-hydrogen) atoms. The molecular weight excluding hydrogens is 369 g/mol. The van der Waals surface area contributed by atoms with Crippen LogP contribution < -0.4 is 0 Å². The number of benzene rings is 2. The van der Waals surface area contributed by atoms with Crippen LogP contribution in [-0.2, 0) is 10.2 Å². The quantitative estimate of drug-likeness (QED) is 0.671. The van der Waals surface area contributed by atoms with E-state index in [1.165, 1.54) is 12.3 Å². The van der Waals surface area contributed by atoms with E-state index in [4.69, 9.17) is 0 Å². The highest BCUT2D eigenvalue weighted by Gasteiger charge is 2.48. The number of halogens is 3. The molecule has 1 aromatic heterocycles. The lowest BCUT2D eigenvalue weighted by Gasteiger charge is -2.27. The number of hydrogen-bond acceptors (Lipinski definition) is 2.